The third-order valence-corrected chi connectivity index (χ3v) is 22.1. The molecular formula is C70H38N2O2S4. The minimum atomic E-state index is -0.708. The van der Waals surface area contributed by atoms with Crippen LogP contribution in [0, 0.1) is 0 Å². The van der Waals surface area contributed by atoms with Crippen molar-refractivity contribution in [3.05, 3.63) is 274 Å². The summed E-state index contributed by atoms with van der Waals surface area (Å²) in [6.45, 7) is 0. The molecule has 16 aromatic rings. The third-order valence-electron chi connectivity index (χ3n) is 17.3. The maximum absolute atomic E-state index is 6.60. The normalized spacial score (nSPS) is 14.8. The van der Waals surface area contributed by atoms with Gasteiger partial charge in [0.05, 0.1) is 32.9 Å². The maximum Gasteiger partial charge on any atom is 0.136 e. The lowest BCUT2D eigenvalue weighted by Gasteiger charge is -2.51. The van der Waals surface area contributed by atoms with Gasteiger partial charge >= 0.3 is 0 Å². The number of hydrogen-bond acceptors (Lipinski definition) is 6. The molecule has 364 valence electrons. The van der Waals surface area contributed by atoms with Crippen molar-refractivity contribution >= 4 is 134 Å². The molecule has 0 amide bonds. The third kappa shape index (κ3) is 5.12. The number of benzene rings is 10. The van der Waals surface area contributed by atoms with Crippen molar-refractivity contribution in [3.8, 4) is 10.0 Å². The first kappa shape index (κ1) is 42.6. The average molecular weight is 1070 g/mol. The number of furan rings is 2. The van der Waals surface area contributed by atoms with Gasteiger partial charge in [-0.15, -0.1) is 22.7 Å². The van der Waals surface area contributed by atoms with Gasteiger partial charge in [-0.3, -0.25) is 0 Å². The van der Waals surface area contributed by atoms with E-state index in [0.29, 0.717) is 0 Å². The van der Waals surface area contributed by atoms with Gasteiger partial charge < -0.3 is 18.0 Å². The van der Waals surface area contributed by atoms with Crippen LogP contribution in [-0.2, 0) is 10.8 Å². The number of nitrogens with zero attached hydrogens (tertiary/aromatic N) is 2. The van der Waals surface area contributed by atoms with Crippen molar-refractivity contribution in [3.63, 3.8) is 0 Å². The summed E-state index contributed by atoms with van der Waals surface area (Å²) in [5, 5.41) is 11.8. The van der Waals surface area contributed by atoms with Crippen molar-refractivity contribution in [2.45, 2.75) is 30.4 Å². The predicted octanol–water partition coefficient (Wildman–Crippen LogP) is 19.8. The number of hydrogen-bond donors (Lipinski definition) is 0. The molecule has 19 rings (SSSR count). The van der Waals surface area contributed by atoms with Crippen molar-refractivity contribution in [1.82, 2.24) is 9.13 Å². The largest absolute Gasteiger partial charge is 0.456 e. The van der Waals surface area contributed by atoms with Crippen molar-refractivity contribution in [2.24, 2.45) is 0 Å². The van der Waals surface area contributed by atoms with E-state index in [0.717, 1.165) is 43.9 Å². The topological polar surface area (TPSA) is 36.1 Å². The monoisotopic (exact) mass is 1070 g/mol. The highest BCUT2D eigenvalue weighted by molar-refractivity contribution is 7.99. The van der Waals surface area contributed by atoms with E-state index in [9.17, 15) is 0 Å². The summed E-state index contributed by atoms with van der Waals surface area (Å²) in [6.07, 6.45) is 0. The molecule has 0 N–H and O–H groups in total. The molecule has 2 spiro atoms. The molecule has 2 aliphatic heterocycles. The van der Waals surface area contributed by atoms with Gasteiger partial charge in [0, 0.05) is 72.4 Å². The molecule has 0 saturated carbocycles. The Morgan fingerprint density at radius 1 is 0.282 bits per heavy atom. The van der Waals surface area contributed by atoms with Crippen LogP contribution in [0.1, 0.15) is 43.1 Å². The quantitative estimate of drug-likeness (QED) is 0.173. The number of fused-ring (bicyclic) bond motifs is 28. The Labute approximate surface area is 462 Å². The number of thiophene rings is 2. The molecular weight excluding hydrogens is 1030 g/mol. The predicted molar refractivity (Wildman–Crippen MR) is 324 cm³/mol. The fourth-order valence-corrected chi connectivity index (χ4v) is 19.8. The highest BCUT2D eigenvalue weighted by Crippen LogP contribution is 2.70. The minimum Gasteiger partial charge on any atom is -0.456 e. The van der Waals surface area contributed by atoms with E-state index in [1.807, 2.05) is 46.2 Å². The molecule has 3 aliphatic rings. The molecule has 10 aromatic carbocycles. The Morgan fingerprint density at radius 3 is 1.04 bits per heavy atom. The Morgan fingerprint density at radius 2 is 0.628 bits per heavy atom. The molecule has 8 heterocycles. The van der Waals surface area contributed by atoms with Crippen molar-refractivity contribution in [1.29, 1.82) is 0 Å². The van der Waals surface area contributed by atoms with Crippen molar-refractivity contribution in [2.75, 3.05) is 0 Å². The van der Waals surface area contributed by atoms with E-state index < -0.39 is 10.8 Å². The van der Waals surface area contributed by atoms with Crippen LogP contribution in [0.25, 0.3) is 97.5 Å². The van der Waals surface area contributed by atoms with Gasteiger partial charge in [0.1, 0.15) is 32.3 Å². The van der Waals surface area contributed by atoms with Crippen molar-refractivity contribution < 1.29 is 8.83 Å². The Bertz CT molecular complexity index is 4860. The van der Waals surface area contributed by atoms with Gasteiger partial charge in [-0.25, -0.2) is 0 Å². The fourth-order valence-electron chi connectivity index (χ4n) is 14.4. The Kier molecular flexibility index (Phi) is 8.28. The lowest BCUT2D eigenvalue weighted by atomic mass is 9.55. The van der Waals surface area contributed by atoms with E-state index in [2.05, 4.69) is 240 Å². The van der Waals surface area contributed by atoms with E-state index in [4.69, 9.17) is 8.83 Å². The molecule has 0 fully saturated rings. The van der Waals surface area contributed by atoms with Gasteiger partial charge in [-0.1, -0.05) is 169 Å². The molecule has 6 aromatic heterocycles. The first-order valence-corrected chi connectivity index (χ1v) is 29.7. The fraction of sp³-hybridized carbons (Fsp3) is 0.0286. The summed E-state index contributed by atoms with van der Waals surface area (Å²) in [5.41, 5.74) is 14.8. The zero-order valence-corrected chi connectivity index (χ0v) is 44.5. The van der Waals surface area contributed by atoms with Crippen LogP contribution in [0.4, 0.5) is 0 Å². The second kappa shape index (κ2) is 15.2. The first-order chi connectivity index (χ1) is 38.7. The second-order valence-corrected chi connectivity index (χ2v) is 25.1. The highest BCUT2D eigenvalue weighted by Gasteiger charge is 2.60. The zero-order valence-electron chi connectivity index (χ0n) is 41.3. The molecule has 4 nitrogen and oxygen atoms in total. The van der Waals surface area contributed by atoms with E-state index in [1.165, 1.54) is 116 Å². The van der Waals surface area contributed by atoms with Gasteiger partial charge in [0.15, 0.2) is 0 Å². The van der Waals surface area contributed by atoms with Gasteiger partial charge in [-0.2, -0.15) is 0 Å². The molecule has 0 atom stereocenters. The lowest BCUT2D eigenvalue weighted by molar-refractivity contribution is 0.609. The summed E-state index contributed by atoms with van der Waals surface area (Å²) in [6, 6.07) is 86.3. The van der Waals surface area contributed by atoms with Crippen LogP contribution in [0.15, 0.2) is 259 Å². The zero-order chi connectivity index (χ0) is 50.6. The highest BCUT2D eigenvalue weighted by atomic mass is 32.2. The number of rotatable bonds is 2. The van der Waals surface area contributed by atoms with Crippen LogP contribution in [0.2, 0.25) is 0 Å². The first-order valence-electron chi connectivity index (χ1n) is 26.4. The van der Waals surface area contributed by atoms with Crippen LogP contribution in [0.5, 0.6) is 0 Å². The van der Waals surface area contributed by atoms with Crippen LogP contribution in [-0.4, -0.2) is 9.13 Å². The van der Waals surface area contributed by atoms with Gasteiger partial charge in [-0.05, 0) is 118 Å². The number of aromatic nitrogens is 2. The van der Waals surface area contributed by atoms with Gasteiger partial charge in [0.2, 0.25) is 0 Å². The SMILES string of the molecule is c1ccc2c(c1)Sc1ccccc1C21c2cc(-n3c4ccccc4c4c5c(ccc43)oc3ccccc35)sc2C2(c3ccccc3Sc3ccccc32)c2cc(-n3c4ccccc4c4c5c(ccc43)oc3ccccc35)sc21. The van der Waals surface area contributed by atoms with Gasteiger partial charge in [0.25, 0.3) is 0 Å². The average Bonchev–Trinajstić information content (AvgIpc) is 3.58. The van der Waals surface area contributed by atoms with Crippen LogP contribution < -0.4 is 0 Å². The summed E-state index contributed by atoms with van der Waals surface area (Å²) in [7, 11) is 0. The summed E-state index contributed by atoms with van der Waals surface area (Å²) < 4.78 is 18.3. The summed E-state index contributed by atoms with van der Waals surface area (Å²) in [4.78, 5) is 7.82. The lowest BCUT2D eigenvalue weighted by Crippen LogP contribution is -2.45. The summed E-state index contributed by atoms with van der Waals surface area (Å²) in [5.74, 6) is 0. The smallest absolute Gasteiger partial charge is 0.136 e. The van der Waals surface area contributed by atoms with Crippen LogP contribution >= 0.6 is 46.2 Å². The molecule has 0 radical (unpaired) electrons. The molecule has 0 saturated heterocycles. The molecule has 8 heteroatoms. The maximum atomic E-state index is 6.60. The summed E-state index contributed by atoms with van der Waals surface area (Å²) >= 11 is 7.75. The Hall–Kier alpha value is -8.50. The Balaban J connectivity index is 1.01. The standard InChI is InChI=1S/C70H38N2O2S4/c1-9-25-49-39(17-1)63-51(33-35-55-65(63)41-19-3-11-27-53(41)73-55)71(49)61-37-47-67(77-61)70(45-23-7-15-31-59(45)76-60-32-16-8-24-46(60)70)48-38-62(78-68(48)69(47)43-21-5-13-29-57(43)75-58-30-14-6-22-44(58)69)72-50-26-10-2-18-40(50)64-52(72)34-36-56-66(64)42-20-4-12-28-54(42)74-56/h1-38H. The van der Waals surface area contributed by atoms with E-state index in [1.54, 1.807) is 0 Å². The van der Waals surface area contributed by atoms with Crippen LogP contribution in [0.3, 0.4) is 0 Å². The molecule has 0 unspecified atom stereocenters. The second-order valence-electron chi connectivity index (χ2n) is 20.9. The molecule has 78 heavy (non-hydrogen) atoms. The number of para-hydroxylation sites is 4. The van der Waals surface area contributed by atoms with E-state index in [-0.39, 0.29) is 0 Å². The molecule has 0 bridgehead atoms. The minimum absolute atomic E-state index is 0.708. The van der Waals surface area contributed by atoms with E-state index >= 15 is 0 Å². The molecule has 1 aliphatic carbocycles.